The van der Waals surface area contributed by atoms with Gasteiger partial charge in [0.2, 0.25) is 5.89 Å². The summed E-state index contributed by atoms with van der Waals surface area (Å²) in [6.45, 7) is 1.60. The molecule has 1 aliphatic rings. The number of carbonyl (C=O) groups is 1. The van der Waals surface area contributed by atoms with E-state index in [2.05, 4.69) is 16.3 Å². The van der Waals surface area contributed by atoms with Gasteiger partial charge in [-0.3, -0.25) is 4.79 Å². The predicted molar refractivity (Wildman–Crippen MR) is 125 cm³/mol. The molecule has 4 rings (SSSR count). The number of aromatic nitrogens is 2. The normalized spacial score (nSPS) is 16.9. The van der Waals surface area contributed by atoms with Crippen LogP contribution >= 0.6 is 0 Å². The van der Waals surface area contributed by atoms with Gasteiger partial charge in [0.1, 0.15) is 11.6 Å². The SMILES string of the molecule is CCc1ccc(C2CC(N)C2)cc1OCC(=O)N(Cc1nnc(N)o1)Cc1ccc(C#N)cc1F. The number of nitrogens with two attached hydrogens (primary N) is 2. The molecule has 4 N–H and O–H groups in total. The van der Waals surface area contributed by atoms with Gasteiger partial charge in [0.25, 0.3) is 5.91 Å². The highest BCUT2D eigenvalue weighted by Crippen LogP contribution is 2.37. The third kappa shape index (κ3) is 5.75. The van der Waals surface area contributed by atoms with Crippen molar-refractivity contribution in [2.45, 2.75) is 51.2 Å². The Bertz CT molecular complexity index is 1250. The molecule has 1 saturated carbocycles. The molecule has 0 spiro atoms. The second-order valence-electron chi connectivity index (χ2n) is 8.64. The summed E-state index contributed by atoms with van der Waals surface area (Å²) in [5, 5.41) is 16.4. The zero-order chi connectivity index (χ0) is 24.9. The van der Waals surface area contributed by atoms with E-state index in [1.165, 1.54) is 17.0 Å². The van der Waals surface area contributed by atoms with E-state index in [-0.39, 0.29) is 48.8 Å². The summed E-state index contributed by atoms with van der Waals surface area (Å²) in [5.41, 5.74) is 14.0. The number of hydrogen-bond donors (Lipinski definition) is 2. The van der Waals surface area contributed by atoms with Gasteiger partial charge in [0, 0.05) is 18.2 Å². The number of aryl methyl sites for hydroxylation is 1. The van der Waals surface area contributed by atoms with Gasteiger partial charge in [-0.25, -0.2) is 4.39 Å². The number of benzene rings is 2. The Balaban J connectivity index is 1.51. The summed E-state index contributed by atoms with van der Waals surface area (Å²) in [5.74, 6) is 0.164. The van der Waals surface area contributed by atoms with Crippen LogP contribution in [0.5, 0.6) is 5.75 Å². The summed E-state index contributed by atoms with van der Waals surface area (Å²) in [4.78, 5) is 14.5. The highest BCUT2D eigenvalue weighted by atomic mass is 19.1. The molecule has 1 fully saturated rings. The molecule has 1 amide bonds. The molecule has 3 aromatic rings. The van der Waals surface area contributed by atoms with Crippen LogP contribution < -0.4 is 16.2 Å². The fourth-order valence-electron chi connectivity index (χ4n) is 4.09. The highest BCUT2D eigenvalue weighted by Gasteiger charge is 2.28. The lowest BCUT2D eigenvalue weighted by atomic mass is 9.76. The van der Waals surface area contributed by atoms with E-state index in [0.29, 0.717) is 11.7 Å². The number of hydrogen-bond acceptors (Lipinski definition) is 8. The van der Waals surface area contributed by atoms with Crippen molar-refractivity contribution in [2.24, 2.45) is 5.73 Å². The first-order valence-corrected chi connectivity index (χ1v) is 11.4. The molecule has 9 nitrogen and oxygen atoms in total. The van der Waals surface area contributed by atoms with E-state index in [4.69, 9.17) is 25.9 Å². The van der Waals surface area contributed by atoms with Crippen molar-refractivity contribution in [2.75, 3.05) is 12.3 Å². The fraction of sp³-hybridized carbons (Fsp3) is 0.360. The van der Waals surface area contributed by atoms with Crippen LogP contribution in [0, 0.1) is 17.1 Å². The first-order valence-electron chi connectivity index (χ1n) is 11.4. The smallest absolute Gasteiger partial charge is 0.312 e. The van der Waals surface area contributed by atoms with Crippen LogP contribution in [0.1, 0.15) is 53.8 Å². The van der Waals surface area contributed by atoms with Crippen LogP contribution in [-0.2, 0) is 24.3 Å². The van der Waals surface area contributed by atoms with E-state index < -0.39 is 11.7 Å². The van der Waals surface area contributed by atoms with E-state index in [1.54, 1.807) is 0 Å². The summed E-state index contributed by atoms with van der Waals surface area (Å²) in [6, 6.07) is 12.2. The first-order chi connectivity index (χ1) is 16.9. The molecule has 1 heterocycles. The van der Waals surface area contributed by atoms with Crippen LogP contribution in [0.4, 0.5) is 10.4 Å². The second kappa shape index (κ2) is 10.5. The average Bonchev–Trinajstić information content (AvgIpc) is 3.25. The van der Waals surface area contributed by atoms with Gasteiger partial charge < -0.3 is 25.5 Å². The number of halogens is 1. The topological polar surface area (TPSA) is 144 Å². The molecular weight excluding hydrogens is 451 g/mol. The lowest BCUT2D eigenvalue weighted by molar-refractivity contribution is -0.135. The first kappa shape index (κ1) is 24.2. The van der Waals surface area contributed by atoms with Crippen LogP contribution in [0.3, 0.4) is 0 Å². The van der Waals surface area contributed by atoms with Crippen molar-refractivity contribution in [3.05, 3.63) is 70.4 Å². The van der Waals surface area contributed by atoms with Crippen molar-refractivity contribution in [1.82, 2.24) is 15.1 Å². The summed E-state index contributed by atoms with van der Waals surface area (Å²) in [6.07, 6.45) is 2.61. The number of amides is 1. The molecule has 0 radical (unpaired) electrons. The minimum Gasteiger partial charge on any atom is -0.483 e. The Morgan fingerprint density at radius 3 is 2.63 bits per heavy atom. The van der Waals surface area contributed by atoms with Crippen LogP contribution in [0.25, 0.3) is 0 Å². The van der Waals surface area contributed by atoms with Crippen LogP contribution in [-0.4, -0.2) is 33.7 Å². The molecule has 0 bridgehead atoms. The van der Waals surface area contributed by atoms with Gasteiger partial charge in [0.15, 0.2) is 6.61 Å². The van der Waals surface area contributed by atoms with Crippen LogP contribution in [0.15, 0.2) is 40.8 Å². The Kier molecular flexibility index (Phi) is 7.27. The number of nitriles is 1. The molecule has 35 heavy (non-hydrogen) atoms. The van der Waals surface area contributed by atoms with Crippen LogP contribution in [0.2, 0.25) is 0 Å². The van der Waals surface area contributed by atoms with Gasteiger partial charge in [-0.15, -0.1) is 5.10 Å². The maximum Gasteiger partial charge on any atom is 0.312 e. The van der Waals surface area contributed by atoms with E-state index in [9.17, 15) is 9.18 Å². The minimum absolute atomic E-state index is 0.0769. The predicted octanol–water partition coefficient (Wildman–Crippen LogP) is 3.04. The number of nitrogen functional groups attached to an aromatic ring is 1. The van der Waals surface area contributed by atoms with Gasteiger partial charge >= 0.3 is 6.01 Å². The van der Waals surface area contributed by atoms with E-state index in [1.807, 2.05) is 25.1 Å². The molecule has 0 saturated heterocycles. The van der Waals surface area contributed by atoms with Crippen molar-refractivity contribution >= 4 is 11.9 Å². The lowest BCUT2D eigenvalue weighted by Gasteiger charge is -2.33. The molecule has 182 valence electrons. The Morgan fingerprint density at radius 1 is 1.23 bits per heavy atom. The second-order valence-corrected chi connectivity index (χ2v) is 8.64. The summed E-state index contributed by atoms with van der Waals surface area (Å²) < 4.78 is 25.7. The van der Waals surface area contributed by atoms with Gasteiger partial charge in [0.05, 0.1) is 18.2 Å². The molecule has 0 aliphatic heterocycles. The Hall–Kier alpha value is -3.97. The van der Waals surface area contributed by atoms with Gasteiger partial charge in [-0.05, 0) is 54.5 Å². The van der Waals surface area contributed by atoms with Crippen molar-refractivity contribution in [1.29, 1.82) is 5.26 Å². The molecular formula is C25H27FN6O3. The number of ether oxygens (including phenoxy) is 1. The zero-order valence-electron chi connectivity index (χ0n) is 19.4. The number of rotatable bonds is 9. The third-order valence-electron chi connectivity index (χ3n) is 6.17. The molecule has 2 aromatic carbocycles. The quantitative estimate of drug-likeness (QED) is 0.477. The summed E-state index contributed by atoms with van der Waals surface area (Å²) >= 11 is 0. The van der Waals surface area contributed by atoms with Crippen molar-refractivity contribution in [3.63, 3.8) is 0 Å². The van der Waals surface area contributed by atoms with Crippen molar-refractivity contribution in [3.8, 4) is 11.8 Å². The molecule has 1 aromatic heterocycles. The highest BCUT2D eigenvalue weighted by molar-refractivity contribution is 5.77. The standard InChI is InChI=1S/C25H27FN6O3/c1-2-16-5-6-17(19-8-20(28)9-19)10-22(16)34-14-24(33)32(13-23-30-31-25(29)35-23)12-18-4-3-15(11-27)7-21(18)26/h3-7,10,19-20H,2,8-9,12-14,28H2,1H3,(H2,29,31). The maximum atomic E-state index is 14.5. The number of carbonyl (C=O) groups excluding carboxylic acids is 1. The van der Waals surface area contributed by atoms with E-state index >= 15 is 0 Å². The minimum atomic E-state index is -0.590. The van der Waals surface area contributed by atoms with E-state index in [0.717, 1.165) is 36.5 Å². The van der Waals surface area contributed by atoms with Crippen molar-refractivity contribution < 1.29 is 18.3 Å². The Labute approximate surface area is 202 Å². The lowest BCUT2D eigenvalue weighted by Crippen LogP contribution is -2.35. The zero-order valence-corrected chi connectivity index (χ0v) is 19.4. The monoisotopic (exact) mass is 478 g/mol. The molecule has 0 unspecified atom stereocenters. The third-order valence-corrected chi connectivity index (χ3v) is 6.17. The Morgan fingerprint density at radius 2 is 2.00 bits per heavy atom. The number of anilines is 1. The van der Waals surface area contributed by atoms with Gasteiger partial charge in [-0.1, -0.05) is 30.2 Å². The largest absolute Gasteiger partial charge is 0.483 e. The average molecular weight is 479 g/mol. The molecule has 10 heteroatoms. The fourth-order valence-corrected chi connectivity index (χ4v) is 4.09. The summed E-state index contributed by atoms with van der Waals surface area (Å²) in [7, 11) is 0. The molecule has 1 aliphatic carbocycles. The number of nitrogens with zero attached hydrogens (tertiary/aromatic N) is 4. The maximum absolute atomic E-state index is 14.5. The van der Waals surface area contributed by atoms with Gasteiger partial charge in [-0.2, -0.15) is 5.26 Å². The molecule has 0 atom stereocenters.